The van der Waals surface area contributed by atoms with Crippen LogP contribution >= 0.6 is 0 Å². The smallest absolute Gasteiger partial charge is 0.123 e. The molecule has 0 saturated heterocycles. The molecule has 1 saturated carbocycles. The van der Waals surface area contributed by atoms with E-state index in [2.05, 4.69) is 5.32 Å². The molecular formula is C16H25NO3. The van der Waals surface area contributed by atoms with Crippen molar-refractivity contribution in [1.82, 2.24) is 5.32 Å². The standard InChI is InChI=1S/C16H25NO3/c1-17-10-11-19-14-6-5-7-15(12-14)20-13-16(18)8-3-2-4-9-16/h5-7,12,17-18H,2-4,8-11,13H2,1H3. The number of likely N-dealkylation sites (N-methyl/N-ethyl adjacent to an activating group) is 1. The number of ether oxygens (including phenoxy) is 2. The molecule has 4 heteroatoms. The molecule has 1 aliphatic rings. The molecule has 0 heterocycles. The second kappa shape index (κ2) is 7.50. The van der Waals surface area contributed by atoms with Gasteiger partial charge in [0.25, 0.3) is 0 Å². The van der Waals surface area contributed by atoms with Gasteiger partial charge in [-0.25, -0.2) is 0 Å². The molecule has 1 fully saturated rings. The summed E-state index contributed by atoms with van der Waals surface area (Å²) in [4.78, 5) is 0. The van der Waals surface area contributed by atoms with Crippen LogP contribution in [0.25, 0.3) is 0 Å². The van der Waals surface area contributed by atoms with Crippen LogP contribution < -0.4 is 14.8 Å². The van der Waals surface area contributed by atoms with E-state index < -0.39 is 5.60 Å². The molecule has 1 aromatic carbocycles. The fraction of sp³-hybridized carbons (Fsp3) is 0.625. The molecule has 0 radical (unpaired) electrons. The van der Waals surface area contributed by atoms with E-state index in [0.717, 1.165) is 43.7 Å². The largest absolute Gasteiger partial charge is 0.492 e. The summed E-state index contributed by atoms with van der Waals surface area (Å²) in [6.07, 6.45) is 5.08. The van der Waals surface area contributed by atoms with E-state index >= 15 is 0 Å². The first-order valence-corrected chi connectivity index (χ1v) is 7.44. The van der Waals surface area contributed by atoms with Crippen molar-refractivity contribution in [3.05, 3.63) is 24.3 Å². The predicted molar refractivity (Wildman–Crippen MR) is 79.4 cm³/mol. The van der Waals surface area contributed by atoms with E-state index in [-0.39, 0.29) is 0 Å². The van der Waals surface area contributed by atoms with Gasteiger partial charge in [0.1, 0.15) is 24.7 Å². The third-order valence-corrected chi connectivity index (χ3v) is 3.72. The third-order valence-electron chi connectivity index (χ3n) is 3.72. The Hall–Kier alpha value is -1.26. The highest BCUT2D eigenvalue weighted by molar-refractivity contribution is 5.33. The maximum Gasteiger partial charge on any atom is 0.123 e. The SMILES string of the molecule is CNCCOc1cccc(OCC2(O)CCCCC2)c1. The molecule has 112 valence electrons. The van der Waals surface area contributed by atoms with Gasteiger partial charge >= 0.3 is 0 Å². The van der Waals surface area contributed by atoms with E-state index in [1.807, 2.05) is 31.3 Å². The molecule has 0 amide bonds. The first kappa shape index (κ1) is 15.1. The predicted octanol–water partition coefficient (Wildman–Crippen LogP) is 2.36. The summed E-state index contributed by atoms with van der Waals surface area (Å²) < 4.78 is 11.3. The Morgan fingerprint density at radius 1 is 1.15 bits per heavy atom. The van der Waals surface area contributed by atoms with Crippen LogP contribution in [0, 0.1) is 0 Å². The monoisotopic (exact) mass is 279 g/mol. The van der Waals surface area contributed by atoms with Gasteiger partial charge in [-0.3, -0.25) is 0 Å². The van der Waals surface area contributed by atoms with Crippen molar-refractivity contribution in [1.29, 1.82) is 0 Å². The topological polar surface area (TPSA) is 50.7 Å². The molecule has 2 rings (SSSR count). The van der Waals surface area contributed by atoms with Crippen molar-refractivity contribution >= 4 is 0 Å². The van der Waals surface area contributed by atoms with Crippen molar-refractivity contribution in [2.24, 2.45) is 0 Å². The number of rotatable bonds is 7. The number of benzene rings is 1. The normalized spacial score (nSPS) is 17.7. The first-order valence-electron chi connectivity index (χ1n) is 7.44. The van der Waals surface area contributed by atoms with Gasteiger partial charge in [0.2, 0.25) is 0 Å². The summed E-state index contributed by atoms with van der Waals surface area (Å²) in [6.45, 7) is 1.81. The summed E-state index contributed by atoms with van der Waals surface area (Å²) >= 11 is 0. The average Bonchev–Trinajstić information content (AvgIpc) is 2.47. The Kier molecular flexibility index (Phi) is 5.68. The zero-order valence-electron chi connectivity index (χ0n) is 12.2. The van der Waals surface area contributed by atoms with Crippen LogP contribution in [0.4, 0.5) is 0 Å². The summed E-state index contributed by atoms with van der Waals surface area (Å²) in [5.74, 6) is 1.55. The Morgan fingerprint density at radius 2 is 1.85 bits per heavy atom. The second-order valence-electron chi connectivity index (χ2n) is 5.50. The average molecular weight is 279 g/mol. The summed E-state index contributed by atoms with van der Waals surface area (Å²) in [6, 6.07) is 7.60. The molecule has 4 nitrogen and oxygen atoms in total. The van der Waals surface area contributed by atoms with Gasteiger partial charge in [0.15, 0.2) is 0 Å². The highest BCUT2D eigenvalue weighted by atomic mass is 16.5. The lowest BCUT2D eigenvalue weighted by atomic mass is 9.85. The molecule has 0 aromatic heterocycles. The quantitative estimate of drug-likeness (QED) is 0.752. The Balaban J connectivity index is 1.84. The van der Waals surface area contributed by atoms with Crippen molar-refractivity contribution in [3.8, 4) is 11.5 Å². The Labute approximate surface area is 121 Å². The van der Waals surface area contributed by atoms with Crippen molar-refractivity contribution in [3.63, 3.8) is 0 Å². The minimum atomic E-state index is -0.652. The van der Waals surface area contributed by atoms with E-state index in [1.54, 1.807) is 0 Å². The zero-order valence-corrected chi connectivity index (χ0v) is 12.2. The first-order chi connectivity index (χ1) is 9.72. The summed E-state index contributed by atoms with van der Waals surface area (Å²) in [5, 5.41) is 13.4. The Morgan fingerprint density at radius 3 is 2.55 bits per heavy atom. The maximum atomic E-state index is 10.4. The van der Waals surface area contributed by atoms with E-state index in [0.29, 0.717) is 13.2 Å². The molecular weight excluding hydrogens is 254 g/mol. The molecule has 0 atom stereocenters. The molecule has 0 unspecified atom stereocenters. The minimum Gasteiger partial charge on any atom is -0.492 e. The molecule has 2 N–H and O–H groups in total. The van der Waals surface area contributed by atoms with Crippen LogP contribution in [0.5, 0.6) is 11.5 Å². The van der Waals surface area contributed by atoms with Gasteiger partial charge in [-0.2, -0.15) is 0 Å². The fourth-order valence-electron chi connectivity index (χ4n) is 2.50. The minimum absolute atomic E-state index is 0.368. The van der Waals surface area contributed by atoms with Crippen LogP contribution in [0.2, 0.25) is 0 Å². The Bertz CT molecular complexity index is 402. The van der Waals surface area contributed by atoms with Crippen molar-refractivity contribution in [2.45, 2.75) is 37.7 Å². The van der Waals surface area contributed by atoms with Crippen LogP contribution in [0.3, 0.4) is 0 Å². The second-order valence-corrected chi connectivity index (χ2v) is 5.50. The van der Waals surface area contributed by atoms with Gasteiger partial charge < -0.3 is 19.9 Å². The number of hydrogen-bond acceptors (Lipinski definition) is 4. The molecule has 0 aliphatic heterocycles. The zero-order chi connectivity index (χ0) is 14.3. The highest BCUT2D eigenvalue weighted by Crippen LogP contribution is 2.29. The summed E-state index contributed by atoms with van der Waals surface area (Å²) in [7, 11) is 1.90. The fourth-order valence-corrected chi connectivity index (χ4v) is 2.50. The summed E-state index contributed by atoms with van der Waals surface area (Å²) in [5.41, 5.74) is -0.652. The van der Waals surface area contributed by atoms with Crippen LogP contribution in [-0.2, 0) is 0 Å². The molecule has 1 aliphatic carbocycles. The lowest BCUT2D eigenvalue weighted by molar-refractivity contribution is -0.0339. The van der Waals surface area contributed by atoms with Gasteiger partial charge in [0.05, 0.1) is 5.60 Å². The highest BCUT2D eigenvalue weighted by Gasteiger charge is 2.29. The number of nitrogens with one attached hydrogen (secondary N) is 1. The van der Waals surface area contributed by atoms with E-state index in [1.165, 1.54) is 6.42 Å². The number of aliphatic hydroxyl groups is 1. The van der Waals surface area contributed by atoms with E-state index in [4.69, 9.17) is 9.47 Å². The van der Waals surface area contributed by atoms with Crippen LogP contribution in [-0.4, -0.2) is 37.5 Å². The third kappa shape index (κ3) is 4.69. The van der Waals surface area contributed by atoms with Crippen LogP contribution in [0.15, 0.2) is 24.3 Å². The lowest BCUT2D eigenvalue weighted by Gasteiger charge is -2.31. The van der Waals surface area contributed by atoms with Crippen molar-refractivity contribution in [2.75, 3.05) is 26.8 Å². The maximum absolute atomic E-state index is 10.4. The van der Waals surface area contributed by atoms with Gasteiger partial charge in [-0.05, 0) is 32.0 Å². The molecule has 20 heavy (non-hydrogen) atoms. The molecule has 0 spiro atoms. The van der Waals surface area contributed by atoms with Gasteiger partial charge in [-0.1, -0.05) is 25.3 Å². The lowest BCUT2D eigenvalue weighted by Crippen LogP contribution is -2.37. The molecule has 1 aromatic rings. The number of hydrogen-bond donors (Lipinski definition) is 2. The molecule has 0 bridgehead atoms. The van der Waals surface area contributed by atoms with Crippen molar-refractivity contribution < 1.29 is 14.6 Å². The van der Waals surface area contributed by atoms with E-state index in [9.17, 15) is 5.11 Å². The van der Waals surface area contributed by atoms with Crippen LogP contribution in [0.1, 0.15) is 32.1 Å². The van der Waals surface area contributed by atoms with Gasteiger partial charge in [-0.15, -0.1) is 0 Å². The van der Waals surface area contributed by atoms with Gasteiger partial charge in [0, 0.05) is 12.6 Å².